The van der Waals surface area contributed by atoms with Gasteiger partial charge >= 0.3 is 0 Å². The van der Waals surface area contributed by atoms with E-state index in [1.54, 1.807) is 0 Å². The summed E-state index contributed by atoms with van der Waals surface area (Å²) >= 11 is 1.93. The molecule has 1 aliphatic heterocycles. The van der Waals surface area contributed by atoms with Crippen LogP contribution in [0.4, 0.5) is 0 Å². The van der Waals surface area contributed by atoms with Crippen LogP contribution in [0.3, 0.4) is 0 Å². The molecule has 2 atom stereocenters. The molecule has 2 rings (SSSR count). The van der Waals surface area contributed by atoms with Gasteiger partial charge in [0.05, 0.1) is 0 Å². The van der Waals surface area contributed by atoms with Crippen LogP contribution in [0.15, 0.2) is 18.2 Å². The number of fused-ring (bicyclic) bond motifs is 1. The third-order valence-corrected chi connectivity index (χ3v) is 4.79. The summed E-state index contributed by atoms with van der Waals surface area (Å²) in [5, 5.41) is 0. The highest BCUT2D eigenvalue weighted by atomic mass is 32.2. The van der Waals surface area contributed by atoms with E-state index in [9.17, 15) is 0 Å². The lowest BCUT2D eigenvalue weighted by molar-refractivity contribution is 0.171. The lowest BCUT2D eigenvalue weighted by atomic mass is 10.1. The SMILES string of the molecule is CCC(C)CSCC(N)c1ccc2c(c1)OCCO2. The van der Waals surface area contributed by atoms with E-state index in [0.717, 1.165) is 28.7 Å². The zero-order valence-electron chi connectivity index (χ0n) is 11.7. The molecule has 1 aromatic carbocycles. The Bertz CT molecular complexity index is 411. The molecule has 2 N–H and O–H groups in total. The highest BCUT2D eigenvalue weighted by molar-refractivity contribution is 7.99. The highest BCUT2D eigenvalue weighted by Gasteiger charge is 2.14. The molecule has 0 amide bonds. The van der Waals surface area contributed by atoms with Crippen molar-refractivity contribution in [3.8, 4) is 11.5 Å². The molecule has 0 saturated carbocycles. The summed E-state index contributed by atoms with van der Waals surface area (Å²) in [6.07, 6.45) is 1.23. The maximum Gasteiger partial charge on any atom is 0.161 e. The molecule has 0 bridgehead atoms. The first-order chi connectivity index (χ1) is 9.20. The first kappa shape index (κ1) is 14.5. The maximum atomic E-state index is 6.24. The summed E-state index contributed by atoms with van der Waals surface area (Å²) in [5.41, 5.74) is 7.36. The number of hydrogen-bond acceptors (Lipinski definition) is 4. The Labute approximate surface area is 119 Å². The number of thioether (sulfide) groups is 1. The van der Waals surface area contributed by atoms with E-state index in [-0.39, 0.29) is 6.04 Å². The molecule has 0 spiro atoms. The fourth-order valence-corrected chi connectivity index (χ4v) is 3.12. The van der Waals surface area contributed by atoms with E-state index in [4.69, 9.17) is 15.2 Å². The zero-order valence-corrected chi connectivity index (χ0v) is 12.5. The number of rotatable bonds is 6. The first-order valence-corrected chi connectivity index (χ1v) is 8.09. The van der Waals surface area contributed by atoms with Gasteiger partial charge in [0.1, 0.15) is 13.2 Å². The van der Waals surface area contributed by atoms with Crippen LogP contribution >= 0.6 is 11.8 Å². The van der Waals surface area contributed by atoms with Gasteiger partial charge in [0.15, 0.2) is 11.5 Å². The van der Waals surface area contributed by atoms with E-state index >= 15 is 0 Å². The van der Waals surface area contributed by atoms with E-state index in [0.29, 0.717) is 13.2 Å². The van der Waals surface area contributed by atoms with Crippen LogP contribution in [-0.4, -0.2) is 24.7 Å². The summed E-state index contributed by atoms with van der Waals surface area (Å²) in [6, 6.07) is 6.08. The van der Waals surface area contributed by atoms with Gasteiger partial charge in [-0.15, -0.1) is 0 Å². The zero-order chi connectivity index (χ0) is 13.7. The average Bonchev–Trinajstić information content (AvgIpc) is 2.46. The Morgan fingerprint density at radius 2 is 1.95 bits per heavy atom. The third kappa shape index (κ3) is 4.05. The number of benzene rings is 1. The Balaban J connectivity index is 1.90. The fourth-order valence-electron chi connectivity index (χ4n) is 1.90. The van der Waals surface area contributed by atoms with Gasteiger partial charge in [-0.25, -0.2) is 0 Å². The van der Waals surface area contributed by atoms with E-state index in [2.05, 4.69) is 13.8 Å². The van der Waals surface area contributed by atoms with Gasteiger partial charge in [0.2, 0.25) is 0 Å². The van der Waals surface area contributed by atoms with Crippen LogP contribution in [0.2, 0.25) is 0 Å². The Morgan fingerprint density at radius 1 is 1.21 bits per heavy atom. The smallest absolute Gasteiger partial charge is 0.161 e. The van der Waals surface area contributed by atoms with Crippen molar-refractivity contribution in [3.05, 3.63) is 23.8 Å². The number of hydrogen-bond donors (Lipinski definition) is 1. The van der Waals surface area contributed by atoms with Crippen LogP contribution < -0.4 is 15.2 Å². The molecule has 3 nitrogen and oxygen atoms in total. The second kappa shape index (κ2) is 7.06. The average molecular weight is 281 g/mol. The fraction of sp³-hybridized carbons (Fsp3) is 0.600. The van der Waals surface area contributed by atoms with Gasteiger partial charge < -0.3 is 15.2 Å². The van der Waals surface area contributed by atoms with E-state index in [1.807, 2.05) is 30.0 Å². The van der Waals surface area contributed by atoms with Crippen LogP contribution in [0.25, 0.3) is 0 Å². The molecule has 19 heavy (non-hydrogen) atoms. The monoisotopic (exact) mass is 281 g/mol. The van der Waals surface area contributed by atoms with Gasteiger partial charge in [-0.2, -0.15) is 11.8 Å². The van der Waals surface area contributed by atoms with Gasteiger partial charge in [-0.05, 0) is 29.4 Å². The van der Waals surface area contributed by atoms with Crippen molar-refractivity contribution in [1.29, 1.82) is 0 Å². The van der Waals surface area contributed by atoms with Gasteiger partial charge in [-0.3, -0.25) is 0 Å². The molecule has 0 radical (unpaired) electrons. The third-order valence-electron chi connectivity index (χ3n) is 3.39. The lowest BCUT2D eigenvalue weighted by Crippen LogP contribution is -2.17. The summed E-state index contributed by atoms with van der Waals surface area (Å²) < 4.78 is 11.1. The molecule has 0 fully saturated rings. The van der Waals surface area contributed by atoms with Gasteiger partial charge in [-0.1, -0.05) is 26.3 Å². The standard InChI is InChI=1S/C15H23NO2S/c1-3-11(2)9-19-10-13(16)12-4-5-14-15(8-12)18-7-6-17-14/h4-5,8,11,13H,3,6-7,9-10,16H2,1-2H3. The predicted octanol–water partition coefficient (Wildman–Crippen LogP) is 3.24. The van der Waals surface area contributed by atoms with Crippen molar-refractivity contribution in [2.75, 3.05) is 24.7 Å². The van der Waals surface area contributed by atoms with Crippen LogP contribution in [-0.2, 0) is 0 Å². The number of ether oxygens (including phenoxy) is 2. The molecule has 1 aliphatic rings. The van der Waals surface area contributed by atoms with E-state index < -0.39 is 0 Å². The topological polar surface area (TPSA) is 44.5 Å². The van der Waals surface area contributed by atoms with Crippen LogP contribution in [0.5, 0.6) is 11.5 Å². The van der Waals surface area contributed by atoms with Crippen LogP contribution in [0.1, 0.15) is 31.9 Å². The van der Waals surface area contributed by atoms with Gasteiger partial charge in [0.25, 0.3) is 0 Å². The molecular weight excluding hydrogens is 258 g/mol. The molecular formula is C15H23NO2S. The van der Waals surface area contributed by atoms with Crippen molar-refractivity contribution >= 4 is 11.8 Å². The van der Waals surface area contributed by atoms with Crippen molar-refractivity contribution in [2.45, 2.75) is 26.3 Å². The molecule has 1 heterocycles. The van der Waals surface area contributed by atoms with Crippen molar-refractivity contribution < 1.29 is 9.47 Å². The maximum absolute atomic E-state index is 6.24. The Morgan fingerprint density at radius 3 is 2.68 bits per heavy atom. The van der Waals surface area contributed by atoms with E-state index in [1.165, 1.54) is 12.2 Å². The van der Waals surface area contributed by atoms with Crippen molar-refractivity contribution in [3.63, 3.8) is 0 Å². The molecule has 2 unspecified atom stereocenters. The molecule has 0 aromatic heterocycles. The summed E-state index contributed by atoms with van der Waals surface area (Å²) in [6.45, 7) is 5.76. The van der Waals surface area contributed by atoms with Gasteiger partial charge in [0, 0.05) is 11.8 Å². The largest absolute Gasteiger partial charge is 0.486 e. The summed E-state index contributed by atoms with van der Waals surface area (Å²) in [7, 11) is 0. The predicted molar refractivity (Wildman–Crippen MR) is 81.1 cm³/mol. The molecule has 0 saturated heterocycles. The van der Waals surface area contributed by atoms with Crippen LogP contribution in [0, 0.1) is 5.92 Å². The minimum absolute atomic E-state index is 0.0601. The quantitative estimate of drug-likeness (QED) is 0.869. The highest BCUT2D eigenvalue weighted by Crippen LogP contribution is 2.32. The Hall–Kier alpha value is -0.870. The molecule has 4 heteroatoms. The molecule has 1 aromatic rings. The molecule has 106 valence electrons. The second-order valence-electron chi connectivity index (χ2n) is 5.06. The Kier molecular flexibility index (Phi) is 5.40. The number of nitrogens with two attached hydrogens (primary N) is 1. The first-order valence-electron chi connectivity index (χ1n) is 6.93. The minimum Gasteiger partial charge on any atom is -0.486 e. The second-order valence-corrected chi connectivity index (χ2v) is 6.14. The summed E-state index contributed by atoms with van der Waals surface area (Å²) in [4.78, 5) is 0. The van der Waals surface area contributed by atoms with Crippen molar-refractivity contribution in [2.24, 2.45) is 11.7 Å². The normalized spacial score (nSPS) is 17.0. The summed E-state index contributed by atoms with van der Waals surface area (Å²) in [5.74, 6) is 4.54. The lowest BCUT2D eigenvalue weighted by Gasteiger charge is -2.20. The van der Waals surface area contributed by atoms with Crippen molar-refractivity contribution in [1.82, 2.24) is 0 Å². The minimum atomic E-state index is 0.0601. The molecule has 0 aliphatic carbocycles.